The number of anilines is 3. The number of rotatable bonds is 6. The van der Waals surface area contributed by atoms with Gasteiger partial charge in [0.15, 0.2) is 0 Å². The van der Waals surface area contributed by atoms with Crippen molar-refractivity contribution in [1.82, 2.24) is 4.31 Å². The number of nitrogens with one attached hydrogen (secondary N) is 3. The lowest BCUT2D eigenvalue weighted by Gasteiger charge is -2.16. The van der Waals surface area contributed by atoms with Crippen molar-refractivity contribution >= 4 is 50.6 Å². The third-order valence-corrected chi connectivity index (χ3v) is 7.52. The second-order valence-corrected chi connectivity index (χ2v) is 10.1. The third kappa shape index (κ3) is 5.56. The van der Waals surface area contributed by atoms with Gasteiger partial charge in [-0.1, -0.05) is 35.9 Å². The maximum atomic E-state index is 12.9. The van der Waals surface area contributed by atoms with Crippen LogP contribution in [0.5, 0.6) is 0 Å². The maximum absolute atomic E-state index is 12.9. The fourth-order valence-electron chi connectivity index (χ4n) is 3.60. The first-order valence-corrected chi connectivity index (χ1v) is 12.5. The lowest BCUT2D eigenvalue weighted by Crippen LogP contribution is -2.28. The Labute approximate surface area is 203 Å². The molecular formula is C24H23ClN4O4S. The van der Waals surface area contributed by atoms with Crippen LogP contribution in [0.4, 0.5) is 21.9 Å². The van der Waals surface area contributed by atoms with Crippen molar-refractivity contribution < 1.29 is 18.0 Å². The molecule has 0 atom stereocenters. The second-order valence-electron chi connectivity index (χ2n) is 7.73. The molecule has 176 valence electrons. The molecule has 3 N–H and O–H groups in total. The molecule has 1 aliphatic rings. The Balaban J connectivity index is 1.47. The van der Waals surface area contributed by atoms with Gasteiger partial charge < -0.3 is 16.0 Å². The average Bonchev–Trinajstić information content (AvgIpc) is 3.36. The quantitative estimate of drug-likeness (QED) is 0.443. The Kier molecular flexibility index (Phi) is 7.16. The maximum Gasteiger partial charge on any atom is 0.323 e. The molecule has 1 heterocycles. The number of hydrogen-bond donors (Lipinski definition) is 3. The first-order chi connectivity index (χ1) is 16.3. The van der Waals surface area contributed by atoms with Crippen LogP contribution in [0.2, 0.25) is 5.02 Å². The molecule has 0 spiro atoms. The fraction of sp³-hybridized carbons (Fsp3) is 0.167. The van der Waals surface area contributed by atoms with Gasteiger partial charge in [0, 0.05) is 30.2 Å². The minimum Gasteiger partial charge on any atom is -0.322 e. The SMILES string of the molecule is O=C(Nc1ccccc1)Nc1cccc(NC(=O)c2cc(S(=O)(=O)N3CCCC3)ccc2Cl)c1. The Morgan fingerprint density at radius 1 is 0.765 bits per heavy atom. The normalized spacial score (nSPS) is 13.9. The molecule has 0 radical (unpaired) electrons. The summed E-state index contributed by atoms with van der Waals surface area (Å²) in [5.74, 6) is -0.561. The fourth-order valence-corrected chi connectivity index (χ4v) is 5.35. The number of urea groups is 1. The highest BCUT2D eigenvalue weighted by Gasteiger charge is 2.28. The molecule has 3 amide bonds. The van der Waals surface area contributed by atoms with Gasteiger partial charge in [-0.3, -0.25) is 4.79 Å². The van der Waals surface area contributed by atoms with Crippen molar-refractivity contribution in [3.63, 3.8) is 0 Å². The zero-order chi connectivity index (χ0) is 24.1. The second kappa shape index (κ2) is 10.3. The van der Waals surface area contributed by atoms with Crippen molar-refractivity contribution in [2.45, 2.75) is 17.7 Å². The van der Waals surface area contributed by atoms with E-state index < -0.39 is 22.0 Å². The van der Waals surface area contributed by atoms with Crippen molar-refractivity contribution in [2.24, 2.45) is 0 Å². The lowest BCUT2D eigenvalue weighted by atomic mass is 10.2. The molecule has 1 saturated heterocycles. The van der Waals surface area contributed by atoms with Gasteiger partial charge >= 0.3 is 6.03 Å². The molecule has 8 nitrogen and oxygen atoms in total. The summed E-state index contributed by atoms with van der Waals surface area (Å²) in [6, 6.07) is 19.2. The number of nitrogens with zero attached hydrogens (tertiary/aromatic N) is 1. The summed E-state index contributed by atoms with van der Waals surface area (Å²) in [4.78, 5) is 25.2. The summed E-state index contributed by atoms with van der Waals surface area (Å²) in [6.07, 6.45) is 1.63. The van der Waals surface area contributed by atoms with Crippen LogP contribution in [0.3, 0.4) is 0 Å². The van der Waals surface area contributed by atoms with Crippen LogP contribution < -0.4 is 16.0 Å². The molecule has 3 aromatic rings. The molecule has 0 saturated carbocycles. The van der Waals surface area contributed by atoms with Gasteiger partial charge in [0.2, 0.25) is 10.0 Å². The number of hydrogen-bond acceptors (Lipinski definition) is 4. The molecule has 1 fully saturated rings. The highest BCUT2D eigenvalue weighted by Crippen LogP contribution is 2.26. The topological polar surface area (TPSA) is 108 Å². The van der Waals surface area contributed by atoms with Crippen LogP contribution in [0, 0.1) is 0 Å². The first kappa shape index (κ1) is 23.7. The average molecular weight is 499 g/mol. The molecule has 4 rings (SSSR count). The van der Waals surface area contributed by atoms with E-state index >= 15 is 0 Å². The Morgan fingerprint density at radius 2 is 1.38 bits per heavy atom. The predicted molar refractivity (Wildman–Crippen MR) is 133 cm³/mol. The van der Waals surface area contributed by atoms with Gasteiger partial charge in [-0.25, -0.2) is 13.2 Å². The van der Waals surface area contributed by atoms with Gasteiger partial charge in [-0.05, 0) is 61.4 Å². The first-order valence-electron chi connectivity index (χ1n) is 10.7. The van der Waals surface area contributed by atoms with Gasteiger partial charge in [0.1, 0.15) is 0 Å². The van der Waals surface area contributed by atoms with Crippen molar-refractivity contribution in [3.8, 4) is 0 Å². The van der Waals surface area contributed by atoms with Crippen LogP contribution >= 0.6 is 11.6 Å². The monoisotopic (exact) mass is 498 g/mol. The molecule has 0 bridgehead atoms. The number of carbonyl (C=O) groups is 2. The molecule has 0 aliphatic carbocycles. The van der Waals surface area contributed by atoms with E-state index in [2.05, 4.69) is 16.0 Å². The molecule has 1 aliphatic heterocycles. The summed E-state index contributed by atoms with van der Waals surface area (Å²) < 4.78 is 27.1. The van der Waals surface area contributed by atoms with E-state index in [-0.39, 0.29) is 15.5 Å². The van der Waals surface area contributed by atoms with Gasteiger partial charge in [-0.2, -0.15) is 4.31 Å². The number of para-hydroxylation sites is 1. The minimum atomic E-state index is -3.69. The summed E-state index contributed by atoms with van der Waals surface area (Å²) in [6.45, 7) is 0.925. The van der Waals surface area contributed by atoms with E-state index in [9.17, 15) is 18.0 Å². The Morgan fingerprint density at radius 3 is 2.09 bits per heavy atom. The van der Waals surface area contributed by atoms with Crippen molar-refractivity contribution in [1.29, 1.82) is 0 Å². The van der Waals surface area contributed by atoms with Crippen molar-refractivity contribution in [2.75, 3.05) is 29.0 Å². The summed E-state index contributed by atoms with van der Waals surface area (Å²) in [5.41, 5.74) is 1.55. The molecule has 10 heteroatoms. The molecule has 34 heavy (non-hydrogen) atoms. The smallest absolute Gasteiger partial charge is 0.322 e. The largest absolute Gasteiger partial charge is 0.323 e. The van der Waals surface area contributed by atoms with Crippen LogP contribution in [0.15, 0.2) is 77.7 Å². The van der Waals surface area contributed by atoms with Crippen molar-refractivity contribution in [3.05, 3.63) is 83.4 Å². The minimum absolute atomic E-state index is 0.0250. The third-order valence-electron chi connectivity index (χ3n) is 5.30. The van der Waals surface area contributed by atoms with Crippen LogP contribution in [-0.4, -0.2) is 37.8 Å². The van der Waals surface area contributed by atoms with E-state index in [1.54, 1.807) is 36.4 Å². The van der Waals surface area contributed by atoms with Crippen LogP contribution in [0.1, 0.15) is 23.2 Å². The van der Waals surface area contributed by atoms with E-state index in [4.69, 9.17) is 11.6 Å². The predicted octanol–water partition coefficient (Wildman–Crippen LogP) is 5.02. The Bertz CT molecular complexity index is 1310. The zero-order valence-corrected chi connectivity index (χ0v) is 19.7. The zero-order valence-electron chi connectivity index (χ0n) is 18.1. The number of carbonyl (C=O) groups excluding carboxylic acids is 2. The number of halogens is 1. The highest BCUT2D eigenvalue weighted by atomic mass is 35.5. The van der Waals surface area contributed by atoms with E-state index in [0.717, 1.165) is 12.8 Å². The molecule has 3 aromatic carbocycles. The van der Waals surface area contributed by atoms with Gasteiger partial charge in [0.25, 0.3) is 5.91 Å². The molecular weight excluding hydrogens is 476 g/mol. The summed E-state index contributed by atoms with van der Waals surface area (Å²) >= 11 is 6.21. The van der Waals surface area contributed by atoms with E-state index in [1.807, 2.05) is 18.2 Å². The highest BCUT2D eigenvalue weighted by molar-refractivity contribution is 7.89. The molecule has 0 aromatic heterocycles. The lowest BCUT2D eigenvalue weighted by molar-refractivity contribution is 0.102. The molecule has 0 unspecified atom stereocenters. The number of sulfonamides is 1. The van der Waals surface area contributed by atoms with Gasteiger partial charge in [-0.15, -0.1) is 0 Å². The summed E-state index contributed by atoms with van der Waals surface area (Å²) in [7, 11) is -3.69. The standard InChI is InChI=1S/C24H23ClN4O4S/c25-22-12-11-20(34(32,33)29-13-4-5-14-29)16-21(22)23(30)26-18-9-6-10-19(15-18)28-24(31)27-17-7-2-1-3-8-17/h1-3,6-12,15-16H,4-5,13-14H2,(H,26,30)(H2,27,28,31). The summed E-state index contributed by atoms with van der Waals surface area (Å²) in [5, 5.41) is 8.26. The van der Waals surface area contributed by atoms with E-state index in [1.165, 1.54) is 22.5 Å². The van der Waals surface area contributed by atoms with Crippen LogP contribution in [-0.2, 0) is 10.0 Å². The van der Waals surface area contributed by atoms with Crippen LogP contribution in [0.25, 0.3) is 0 Å². The van der Waals surface area contributed by atoms with E-state index in [0.29, 0.717) is 30.2 Å². The number of benzene rings is 3. The number of amides is 3. The Hall–Kier alpha value is -3.40. The van der Waals surface area contributed by atoms with Gasteiger partial charge in [0.05, 0.1) is 15.5 Å².